The van der Waals surface area contributed by atoms with Gasteiger partial charge in [-0.2, -0.15) is 0 Å². The highest BCUT2D eigenvalue weighted by Crippen LogP contribution is 2.32. The van der Waals surface area contributed by atoms with Crippen molar-refractivity contribution in [2.75, 3.05) is 26.3 Å². The number of nitrogens with one attached hydrogen (secondary N) is 1. The Kier molecular flexibility index (Phi) is 5.26. The average Bonchev–Trinajstić information content (AvgIpc) is 2.33. The van der Waals surface area contributed by atoms with Gasteiger partial charge in [0.05, 0.1) is 0 Å². The first-order valence-corrected chi connectivity index (χ1v) is 7.55. The number of ether oxygens (including phenoxy) is 1. The molecule has 2 rings (SSSR count). The Hall–Kier alpha value is -0.570. The van der Waals surface area contributed by atoms with Crippen molar-refractivity contribution in [3.63, 3.8) is 0 Å². The van der Waals surface area contributed by atoms with Crippen LogP contribution in [0.5, 0.6) is 0 Å². The van der Waals surface area contributed by atoms with Gasteiger partial charge in [-0.1, -0.05) is 37.6 Å². The minimum absolute atomic E-state index is 0.252. The van der Waals surface area contributed by atoms with E-state index in [1.165, 1.54) is 5.56 Å². The number of benzene rings is 1. The quantitative estimate of drug-likeness (QED) is 0.771. The summed E-state index contributed by atoms with van der Waals surface area (Å²) in [7, 11) is 0. The minimum Gasteiger partial charge on any atom is -0.381 e. The predicted molar refractivity (Wildman–Crippen MR) is 80.9 cm³/mol. The summed E-state index contributed by atoms with van der Waals surface area (Å²) in [6, 6.07) is 8.27. The van der Waals surface area contributed by atoms with Crippen LogP contribution in [0.3, 0.4) is 0 Å². The second-order valence-electron chi connectivity index (χ2n) is 5.94. The Morgan fingerprint density at radius 1 is 1.21 bits per heavy atom. The summed E-state index contributed by atoms with van der Waals surface area (Å²) in [5.41, 5.74) is 1.63. The normalized spacial score (nSPS) is 17.5. The molecule has 1 heterocycles. The first kappa shape index (κ1) is 14.8. The average molecular weight is 282 g/mol. The van der Waals surface area contributed by atoms with E-state index in [0.717, 1.165) is 50.1 Å². The maximum Gasteiger partial charge on any atom is 0.0475 e. The van der Waals surface area contributed by atoms with Gasteiger partial charge in [0, 0.05) is 36.7 Å². The molecule has 3 heteroatoms. The first-order valence-electron chi connectivity index (χ1n) is 7.17. The Morgan fingerprint density at radius 2 is 1.89 bits per heavy atom. The highest BCUT2D eigenvalue weighted by molar-refractivity contribution is 6.30. The lowest BCUT2D eigenvalue weighted by molar-refractivity contribution is 0.0921. The molecule has 106 valence electrons. The maximum absolute atomic E-state index is 5.96. The molecule has 0 atom stereocenters. The van der Waals surface area contributed by atoms with E-state index in [4.69, 9.17) is 16.3 Å². The lowest BCUT2D eigenvalue weighted by Gasteiger charge is -2.43. The summed E-state index contributed by atoms with van der Waals surface area (Å²) in [5.74, 6) is 0.718. The van der Waals surface area contributed by atoms with Gasteiger partial charge in [-0.05, 0) is 36.5 Å². The second-order valence-corrected chi connectivity index (χ2v) is 6.37. The predicted octanol–water partition coefficient (Wildman–Crippen LogP) is 3.63. The summed E-state index contributed by atoms with van der Waals surface area (Å²) in [6.45, 7) is 8.27. The highest BCUT2D eigenvalue weighted by Gasteiger charge is 2.38. The van der Waals surface area contributed by atoms with Crippen LogP contribution in [-0.4, -0.2) is 26.3 Å². The first-order chi connectivity index (χ1) is 9.12. The van der Waals surface area contributed by atoms with Crippen LogP contribution >= 0.6 is 11.6 Å². The molecule has 0 spiro atoms. The summed E-state index contributed by atoms with van der Waals surface area (Å²) in [5, 5.41) is 4.19. The third-order valence-corrected chi connectivity index (χ3v) is 4.20. The molecule has 0 unspecified atom stereocenters. The Labute approximate surface area is 121 Å². The fraction of sp³-hybridized carbons (Fsp3) is 0.625. The molecule has 1 aliphatic rings. The summed E-state index contributed by atoms with van der Waals surface area (Å²) >= 11 is 5.96. The summed E-state index contributed by atoms with van der Waals surface area (Å²) in [6.07, 6.45) is 2.23. The van der Waals surface area contributed by atoms with E-state index < -0.39 is 0 Å². The lowest BCUT2D eigenvalue weighted by atomic mass is 9.73. The lowest BCUT2D eigenvalue weighted by Crippen LogP contribution is -2.57. The number of rotatable bonds is 7. The zero-order chi connectivity index (χ0) is 13.7. The van der Waals surface area contributed by atoms with E-state index in [2.05, 4.69) is 31.3 Å². The van der Waals surface area contributed by atoms with Crippen molar-refractivity contribution >= 4 is 11.6 Å². The Balaban J connectivity index is 1.83. The Bertz CT molecular complexity index is 384. The van der Waals surface area contributed by atoms with Gasteiger partial charge in [0.15, 0.2) is 0 Å². The molecule has 1 aromatic carbocycles. The smallest absolute Gasteiger partial charge is 0.0475 e. The largest absolute Gasteiger partial charge is 0.381 e. The van der Waals surface area contributed by atoms with E-state index in [9.17, 15) is 0 Å². The van der Waals surface area contributed by atoms with Crippen LogP contribution in [-0.2, 0) is 10.2 Å². The van der Waals surface area contributed by atoms with Gasteiger partial charge in [0.2, 0.25) is 0 Å². The van der Waals surface area contributed by atoms with Crippen molar-refractivity contribution in [3.05, 3.63) is 34.9 Å². The molecule has 19 heavy (non-hydrogen) atoms. The van der Waals surface area contributed by atoms with Gasteiger partial charge >= 0.3 is 0 Å². The standard InChI is InChI=1S/C16H24ClNO/c1-13(2)7-9-19-10-8-16(11-18-12-16)14-3-5-15(17)6-4-14/h3-6,13,18H,7-12H2,1-2H3. The number of halogens is 1. The number of hydrogen-bond donors (Lipinski definition) is 1. The van der Waals surface area contributed by atoms with Crippen molar-refractivity contribution < 1.29 is 4.74 Å². The van der Waals surface area contributed by atoms with Crippen molar-refractivity contribution in [3.8, 4) is 0 Å². The zero-order valence-corrected chi connectivity index (χ0v) is 12.7. The SMILES string of the molecule is CC(C)CCOCCC1(c2ccc(Cl)cc2)CNC1. The molecule has 1 N–H and O–H groups in total. The van der Waals surface area contributed by atoms with Gasteiger partial charge in [0.25, 0.3) is 0 Å². The maximum atomic E-state index is 5.96. The van der Waals surface area contributed by atoms with Crippen LogP contribution in [0.4, 0.5) is 0 Å². The molecule has 0 aliphatic carbocycles. The van der Waals surface area contributed by atoms with Gasteiger partial charge in [-0.15, -0.1) is 0 Å². The van der Waals surface area contributed by atoms with E-state index in [1.807, 2.05) is 12.1 Å². The Morgan fingerprint density at radius 3 is 2.42 bits per heavy atom. The van der Waals surface area contributed by atoms with Crippen molar-refractivity contribution in [1.29, 1.82) is 0 Å². The fourth-order valence-electron chi connectivity index (χ4n) is 2.44. The third-order valence-electron chi connectivity index (χ3n) is 3.95. The van der Waals surface area contributed by atoms with Gasteiger partial charge in [-0.25, -0.2) is 0 Å². The van der Waals surface area contributed by atoms with E-state index >= 15 is 0 Å². The van der Waals surface area contributed by atoms with Crippen molar-refractivity contribution in [2.24, 2.45) is 5.92 Å². The molecule has 0 saturated carbocycles. The van der Waals surface area contributed by atoms with Crippen molar-refractivity contribution in [1.82, 2.24) is 5.32 Å². The van der Waals surface area contributed by atoms with Crippen molar-refractivity contribution in [2.45, 2.75) is 32.1 Å². The van der Waals surface area contributed by atoms with Crippen LogP contribution in [0.1, 0.15) is 32.3 Å². The molecule has 0 aromatic heterocycles. The molecule has 0 amide bonds. The number of hydrogen-bond acceptors (Lipinski definition) is 2. The van der Waals surface area contributed by atoms with Crippen LogP contribution in [0.15, 0.2) is 24.3 Å². The van der Waals surface area contributed by atoms with E-state index in [1.54, 1.807) is 0 Å². The zero-order valence-electron chi connectivity index (χ0n) is 11.9. The highest BCUT2D eigenvalue weighted by atomic mass is 35.5. The fourth-order valence-corrected chi connectivity index (χ4v) is 2.57. The molecule has 1 aromatic rings. The molecule has 2 nitrogen and oxygen atoms in total. The van der Waals surface area contributed by atoms with Gasteiger partial charge < -0.3 is 10.1 Å². The second kappa shape index (κ2) is 6.74. The van der Waals surface area contributed by atoms with Crippen LogP contribution in [0, 0.1) is 5.92 Å². The molecule has 1 fully saturated rings. The monoisotopic (exact) mass is 281 g/mol. The third kappa shape index (κ3) is 3.95. The molecular formula is C16H24ClNO. The van der Waals surface area contributed by atoms with Gasteiger partial charge in [0.1, 0.15) is 0 Å². The molecule has 0 radical (unpaired) electrons. The van der Waals surface area contributed by atoms with Crippen LogP contribution in [0.25, 0.3) is 0 Å². The summed E-state index contributed by atoms with van der Waals surface area (Å²) < 4.78 is 5.77. The topological polar surface area (TPSA) is 21.3 Å². The van der Waals surface area contributed by atoms with Crippen LogP contribution in [0.2, 0.25) is 5.02 Å². The van der Waals surface area contributed by atoms with Crippen LogP contribution < -0.4 is 5.32 Å². The van der Waals surface area contributed by atoms with E-state index in [-0.39, 0.29) is 5.41 Å². The molecule has 1 aliphatic heterocycles. The summed E-state index contributed by atoms with van der Waals surface area (Å²) in [4.78, 5) is 0. The molecule has 1 saturated heterocycles. The van der Waals surface area contributed by atoms with Gasteiger partial charge in [-0.3, -0.25) is 0 Å². The molecule has 0 bridgehead atoms. The minimum atomic E-state index is 0.252. The van der Waals surface area contributed by atoms with E-state index in [0.29, 0.717) is 0 Å². The molecular weight excluding hydrogens is 258 g/mol.